The maximum atomic E-state index is 12.2. The highest BCUT2D eigenvalue weighted by atomic mass is 35.5. The molecule has 0 radical (unpaired) electrons. The molecule has 0 spiro atoms. The number of fused-ring (bicyclic) bond motifs is 1. The molecule has 0 N–H and O–H groups in total. The van der Waals surface area contributed by atoms with Crippen LogP contribution in [0.3, 0.4) is 0 Å². The van der Waals surface area contributed by atoms with Crippen molar-refractivity contribution in [3.05, 3.63) is 56.7 Å². The minimum atomic E-state index is 0.162. The van der Waals surface area contributed by atoms with Gasteiger partial charge in [-0.25, -0.2) is 0 Å². The SMILES string of the molecule is O=C(CN1CCc2sccc2C1)c1ccc(Cl)cc1. The third-order valence-electron chi connectivity index (χ3n) is 3.42. The lowest BCUT2D eigenvalue weighted by atomic mass is 10.1. The number of hydrogen-bond donors (Lipinski definition) is 0. The first-order valence-electron chi connectivity index (χ1n) is 6.29. The van der Waals surface area contributed by atoms with E-state index < -0.39 is 0 Å². The van der Waals surface area contributed by atoms with Crippen molar-refractivity contribution < 1.29 is 4.79 Å². The van der Waals surface area contributed by atoms with E-state index in [1.54, 1.807) is 24.3 Å². The molecule has 0 unspecified atom stereocenters. The van der Waals surface area contributed by atoms with Crippen LogP contribution in [-0.2, 0) is 13.0 Å². The maximum absolute atomic E-state index is 12.2. The first-order chi connectivity index (χ1) is 9.22. The van der Waals surface area contributed by atoms with Crippen LogP contribution in [0.25, 0.3) is 0 Å². The van der Waals surface area contributed by atoms with Gasteiger partial charge in [-0.05, 0) is 47.7 Å². The van der Waals surface area contributed by atoms with E-state index >= 15 is 0 Å². The average Bonchev–Trinajstić information content (AvgIpc) is 2.87. The summed E-state index contributed by atoms with van der Waals surface area (Å²) >= 11 is 7.65. The number of thiophene rings is 1. The topological polar surface area (TPSA) is 20.3 Å². The summed E-state index contributed by atoms with van der Waals surface area (Å²) in [5, 5.41) is 2.80. The molecule has 2 aromatic rings. The molecule has 19 heavy (non-hydrogen) atoms. The third-order valence-corrected chi connectivity index (χ3v) is 4.70. The van der Waals surface area contributed by atoms with Gasteiger partial charge in [-0.15, -0.1) is 11.3 Å². The predicted molar refractivity (Wildman–Crippen MR) is 79.1 cm³/mol. The van der Waals surface area contributed by atoms with Crippen molar-refractivity contribution in [2.45, 2.75) is 13.0 Å². The van der Waals surface area contributed by atoms with Gasteiger partial charge in [0.05, 0.1) is 6.54 Å². The summed E-state index contributed by atoms with van der Waals surface area (Å²) in [7, 11) is 0. The first kappa shape index (κ1) is 12.9. The summed E-state index contributed by atoms with van der Waals surface area (Å²) in [6.45, 7) is 2.34. The average molecular weight is 292 g/mol. The lowest BCUT2D eigenvalue weighted by Crippen LogP contribution is -2.34. The normalized spacial score (nSPS) is 15.2. The van der Waals surface area contributed by atoms with Crippen LogP contribution in [0.5, 0.6) is 0 Å². The molecule has 0 aliphatic carbocycles. The summed E-state index contributed by atoms with van der Waals surface area (Å²) in [5.41, 5.74) is 2.11. The van der Waals surface area contributed by atoms with Gasteiger partial charge in [0.1, 0.15) is 0 Å². The maximum Gasteiger partial charge on any atom is 0.176 e. The number of hydrogen-bond acceptors (Lipinski definition) is 3. The Morgan fingerprint density at radius 2 is 2.05 bits per heavy atom. The smallest absolute Gasteiger partial charge is 0.176 e. The lowest BCUT2D eigenvalue weighted by Gasteiger charge is -2.26. The molecule has 0 fully saturated rings. The van der Waals surface area contributed by atoms with Crippen LogP contribution >= 0.6 is 22.9 Å². The molecule has 0 amide bonds. The van der Waals surface area contributed by atoms with E-state index in [4.69, 9.17) is 11.6 Å². The summed E-state index contributed by atoms with van der Waals surface area (Å²) < 4.78 is 0. The number of carbonyl (C=O) groups is 1. The Hall–Kier alpha value is -1.16. The van der Waals surface area contributed by atoms with Crippen LogP contribution in [0.15, 0.2) is 35.7 Å². The van der Waals surface area contributed by atoms with Gasteiger partial charge in [0.15, 0.2) is 5.78 Å². The van der Waals surface area contributed by atoms with E-state index in [-0.39, 0.29) is 5.78 Å². The van der Waals surface area contributed by atoms with Crippen molar-refractivity contribution in [3.8, 4) is 0 Å². The van der Waals surface area contributed by atoms with Gasteiger partial charge in [0.25, 0.3) is 0 Å². The Labute approximate surface area is 121 Å². The van der Waals surface area contributed by atoms with Crippen LogP contribution < -0.4 is 0 Å². The number of ketones is 1. The van der Waals surface area contributed by atoms with Gasteiger partial charge in [-0.2, -0.15) is 0 Å². The standard InChI is InChI=1S/C15H14ClNOS/c16-13-3-1-11(2-4-13)14(18)10-17-7-5-15-12(9-17)6-8-19-15/h1-4,6,8H,5,7,9-10H2. The lowest BCUT2D eigenvalue weighted by molar-refractivity contribution is 0.0922. The van der Waals surface area contributed by atoms with Crippen LogP contribution in [0.2, 0.25) is 5.02 Å². The molecule has 1 aromatic carbocycles. The Morgan fingerprint density at radius 1 is 1.26 bits per heavy atom. The molecule has 1 aliphatic rings. The zero-order valence-corrected chi connectivity index (χ0v) is 12.0. The number of carbonyl (C=O) groups excluding carboxylic acids is 1. The van der Waals surface area contributed by atoms with Crippen molar-refractivity contribution in [2.24, 2.45) is 0 Å². The van der Waals surface area contributed by atoms with Gasteiger partial charge < -0.3 is 0 Å². The second-order valence-electron chi connectivity index (χ2n) is 4.76. The van der Waals surface area contributed by atoms with E-state index in [0.29, 0.717) is 11.6 Å². The Balaban J connectivity index is 1.66. The van der Waals surface area contributed by atoms with E-state index in [1.165, 1.54) is 10.4 Å². The molecule has 98 valence electrons. The number of rotatable bonds is 3. The fourth-order valence-electron chi connectivity index (χ4n) is 2.37. The molecular weight excluding hydrogens is 278 g/mol. The van der Waals surface area contributed by atoms with Crippen molar-refractivity contribution in [3.63, 3.8) is 0 Å². The van der Waals surface area contributed by atoms with Gasteiger partial charge in [-0.1, -0.05) is 11.6 Å². The highest BCUT2D eigenvalue weighted by Gasteiger charge is 2.19. The summed E-state index contributed by atoms with van der Waals surface area (Å²) in [5.74, 6) is 0.162. The summed E-state index contributed by atoms with van der Waals surface area (Å²) in [6.07, 6.45) is 1.06. The van der Waals surface area contributed by atoms with Crippen molar-refractivity contribution in [1.82, 2.24) is 4.90 Å². The Morgan fingerprint density at radius 3 is 2.84 bits per heavy atom. The van der Waals surface area contributed by atoms with E-state index in [1.807, 2.05) is 11.3 Å². The van der Waals surface area contributed by atoms with Gasteiger partial charge in [-0.3, -0.25) is 9.69 Å². The molecule has 1 aliphatic heterocycles. The third kappa shape index (κ3) is 2.89. The van der Waals surface area contributed by atoms with Crippen molar-refractivity contribution in [1.29, 1.82) is 0 Å². The molecule has 0 saturated heterocycles. The number of halogens is 1. The number of nitrogens with zero attached hydrogens (tertiary/aromatic N) is 1. The van der Waals surface area contributed by atoms with E-state index in [2.05, 4.69) is 16.3 Å². The fourth-order valence-corrected chi connectivity index (χ4v) is 3.39. The molecule has 2 nitrogen and oxygen atoms in total. The van der Waals surface area contributed by atoms with Crippen LogP contribution in [0.4, 0.5) is 0 Å². The zero-order chi connectivity index (χ0) is 13.2. The molecule has 0 atom stereocenters. The molecule has 3 rings (SSSR count). The van der Waals surface area contributed by atoms with Crippen LogP contribution in [0, 0.1) is 0 Å². The van der Waals surface area contributed by atoms with E-state index in [0.717, 1.165) is 25.1 Å². The van der Waals surface area contributed by atoms with E-state index in [9.17, 15) is 4.79 Å². The highest BCUT2D eigenvalue weighted by molar-refractivity contribution is 7.10. The molecule has 4 heteroatoms. The largest absolute Gasteiger partial charge is 0.293 e. The molecule has 0 saturated carbocycles. The summed E-state index contributed by atoms with van der Waals surface area (Å²) in [6, 6.07) is 9.29. The van der Waals surface area contributed by atoms with Crippen molar-refractivity contribution >= 4 is 28.7 Å². The minimum Gasteiger partial charge on any atom is -0.293 e. The highest BCUT2D eigenvalue weighted by Crippen LogP contribution is 2.24. The Kier molecular flexibility index (Phi) is 3.69. The first-order valence-corrected chi connectivity index (χ1v) is 7.54. The Bertz CT molecular complexity index is 590. The molecule has 2 heterocycles. The second kappa shape index (κ2) is 5.45. The van der Waals surface area contributed by atoms with Gasteiger partial charge in [0, 0.05) is 28.6 Å². The van der Waals surface area contributed by atoms with Crippen LogP contribution in [0.1, 0.15) is 20.8 Å². The number of Topliss-reactive ketones (excluding diaryl/α,β-unsaturated/α-hetero) is 1. The molecule has 1 aromatic heterocycles. The zero-order valence-electron chi connectivity index (χ0n) is 10.4. The van der Waals surface area contributed by atoms with Gasteiger partial charge >= 0.3 is 0 Å². The fraction of sp³-hybridized carbons (Fsp3) is 0.267. The summed E-state index contributed by atoms with van der Waals surface area (Å²) in [4.78, 5) is 15.9. The quantitative estimate of drug-likeness (QED) is 0.805. The van der Waals surface area contributed by atoms with Crippen molar-refractivity contribution in [2.75, 3.05) is 13.1 Å². The van der Waals surface area contributed by atoms with Gasteiger partial charge in [0.2, 0.25) is 0 Å². The second-order valence-corrected chi connectivity index (χ2v) is 6.20. The number of benzene rings is 1. The molecule has 0 bridgehead atoms. The monoisotopic (exact) mass is 291 g/mol. The molecular formula is C15H14ClNOS. The van der Waals surface area contributed by atoms with Crippen LogP contribution in [-0.4, -0.2) is 23.8 Å². The minimum absolute atomic E-state index is 0.162. The predicted octanol–water partition coefficient (Wildman–Crippen LogP) is 3.64.